The van der Waals surface area contributed by atoms with Crippen molar-refractivity contribution in [3.8, 4) is 0 Å². The number of unbranched alkanes of at least 4 members (excludes halogenated alkanes) is 1. The molecular formula is C16H22N2O2S2. The van der Waals surface area contributed by atoms with Crippen LogP contribution in [0.25, 0.3) is 0 Å². The third-order valence-corrected chi connectivity index (χ3v) is 6.69. The summed E-state index contributed by atoms with van der Waals surface area (Å²) in [5, 5.41) is 2.96. The highest BCUT2D eigenvalue weighted by Crippen LogP contribution is 2.57. The molecule has 0 radical (unpaired) electrons. The largest absolute Gasteiger partial charge is 0.351 e. The molecule has 3 atom stereocenters. The number of hydrogen-bond acceptors (Lipinski definition) is 5. The van der Waals surface area contributed by atoms with Crippen molar-refractivity contribution in [3.05, 3.63) is 11.1 Å². The molecule has 1 aromatic heterocycles. The zero-order valence-corrected chi connectivity index (χ0v) is 14.5. The van der Waals surface area contributed by atoms with Crippen LogP contribution in [-0.2, 0) is 4.79 Å². The lowest BCUT2D eigenvalue weighted by Gasteiger charge is -2.04. The van der Waals surface area contributed by atoms with Gasteiger partial charge in [0.25, 0.3) is 5.91 Å². The normalized spacial score (nSPS) is 26.0. The van der Waals surface area contributed by atoms with Gasteiger partial charge >= 0.3 is 0 Å². The van der Waals surface area contributed by atoms with Gasteiger partial charge in [-0.1, -0.05) is 25.1 Å². The molecule has 2 fully saturated rings. The Morgan fingerprint density at radius 2 is 2.36 bits per heavy atom. The van der Waals surface area contributed by atoms with E-state index in [1.807, 2.05) is 0 Å². The molecule has 1 N–H and O–H groups in total. The zero-order chi connectivity index (χ0) is 15.5. The summed E-state index contributed by atoms with van der Waals surface area (Å²) in [6.45, 7) is 2.79. The van der Waals surface area contributed by atoms with Crippen LogP contribution in [0.4, 0.5) is 0 Å². The highest BCUT2D eigenvalue weighted by molar-refractivity contribution is 8.01. The number of fused-ring (bicyclic) bond motifs is 1. The van der Waals surface area contributed by atoms with Crippen LogP contribution < -0.4 is 5.32 Å². The molecule has 3 rings (SSSR count). The average molecular weight is 338 g/mol. The number of amides is 1. The molecular weight excluding hydrogens is 316 g/mol. The fraction of sp³-hybridized carbons (Fsp3) is 0.688. The summed E-state index contributed by atoms with van der Waals surface area (Å²) < 4.78 is 0.956. The summed E-state index contributed by atoms with van der Waals surface area (Å²) in [5.74, 6) is 3.22. The number of hydrogen-bond donors (Lipinski definition) is 1. The molecule has 2 saturated carbocycles. The standard InChI is InChI=1S/C16H22N2O2S2/c1-2-21-16-18-9-13(22-16)15(20)17-8-4-3-5-10-11-6-7-12(19)14(10)11/h9-11,14H,2-8H2,1H3,(H,17,20). The smallest absolute Gasteiger partial charge is 0.263 e. The predicted octanol–water partition coefficient (Wildman–Crippen LogP) is 3.38. The summed E-state index contributed by atoms with van der Waals surface area (Å²) in [6.07, 6.45) is 6.84. The number of carbonyl (C=O) groups is 2. The number of thiazole rings is 1. The van der Waals surface area contributed by atoms with E-state index in [0.29, 0.717) is 35.0 Å². The lowest BCUT2D eigenvalue weighted by Crippen LogP contribution is -2.23. The lowest BCUT2D eigenvalue weighted by molar-refractivity contribution is -0.119. The maximum absolute atomic E-state index is 12.0. The summed E-state index contributed by atoms with van der Waals surface area (Å²) in [5.41, 5.74) is 0. The Balaban J connectivity index is 1.30. The Morgan fingerprint density at radius 1 is 1.50 bits per heavy atom. The van der Waals surface area contributed by atoms with Gasteiger partial charge < -0.3 is 5.32 Å². The van der Waals surface area contributed by atoms with Gasteiger partial charge in [0.2, 0.25) is 0 Å². The minimum absolute atomic E-state index is 0.0149. The van der Waals surface area contributed by atoms with Crippen LogP contribution in [0.3, 0.4) is 0 Å². The summed E-state index contributed by atoms with van der Waals surface area (Å²) in [7, 11) is 0. The van der Waals surface area contributed by atoms with Crippen molar-refractivity contribution in [1.29, 1.82) is 0 Å². The van der Waals surface area contributed by atoms with Crippen molar-refractivity contribution in [1.82, 2.24) is 10.3 Å². The molecule has 22 heavy (non-hydrogen) atoms. The van der Waals surface area contributed by atoms with Crippen LogP contribution in [0.15, 0.2) is 10.5 Å². The molecule has 2 aliphatic carbocycles. The van der Waals surface area contributed by atoms with Crippen LogP contribution in [-0.4, -0.2) is 29.0 Å². The lowest BCUT2D eigenvalue weighted by atomic mass is 10.1. The van der Waals surface area contributed by atoms with Gasteiger partial charge in [0.05, 0.1) is 6.20 Å². The van der Waals surface area contributed by atoms with Gasteiger partial charge in [0.15, 0.2) is 4.34 Å². The van der Waals surface area contributed by atoms with E-state index in [4.69, 9.17) is 0 Å². The Kier molecular flexibility index (Phi) is 5.18. The number of carbonyl (C=O) groups excluding carboxylic acids is 2. The molecule has 6 heteroatoms. The number of ketones is 1. The molecule has 120 valence electrons. The first-order valence-corrected chi connectivity index (χ1v) is 9.90. The molecule has 2 aliphatic rings. The first kappa shape index (κ1) is 16.0. The predicted molar refractivity (Wildman–Crippen MR) is 89.4 cm³/mol. The number of nitrogens with one attached hydrogen (secondary N) is 1. The number of aromatic nitrogens is 1. The van der Waals surface area contributed by atoms with Crippen molar-refractivity contribution in [2.75, 3.05) is 12.3 Å². The second-order valence-electron chi connectivity index (χ2n) is 6.03. The Morgan fingerprint density at radius 3 is 3.09 bits per heavy atom. The highest BCUT2D eigenvalue weighted by Gasteiger charge is 2.56. The second kappa shape index (κ2) is 7.13. The third-order valence-electron chi connectivity index (χ3n) is 4.65. The van der Waals surface area contributed by atoms with Crippen molar-refractivity contribution < 1.29 is 9.59 Å². The van der Waals surface area contributed by atoms with Crippen LogP contribution in [0, 0.1) is 17.8 Å². The maximum Gasteiger partial charge on any atom is 0.263 e. The number of nitrogens with zero attached hydrogens (tertiary/aromatic N) is 1. The summed E-state index contributed by atoms with van der Waals surface area (Å²) in [4.78, 5) is 28.4. The Hall–Kier alpha value is -0.880. The van der Waals surface area contributed by atoms with E-state index in [1.54, 1.807) is 18.0 Å². The quantitative estimate of drug-likeness (QED) is 0.583. The number of rotatable bonds is 8. The first-order valence-electron chi connectivity index (χ1n) is 8.10. The van der Waals surface area contributed by atoms with E-state index in [0.717, 1.165) is 42.2 Å². The third kappa shape index (κ3) is 3.54. The SMILES string of the molecule is CCSc1ncc(C(=O)NCCCCC2C3CCC(=O)C23)s1. The molecule has 3 unspecified atom stereocenters. The van der Waals surface area contributed by atoms with Gasteiger partial charge in [-0.3, -0.25) is 9.59 Å². The monoisotopic (exact) mass is 338 g/mol. The van der Waals surface area contributed by atoms with Gasteiger partial charge in [-0.15, -0.1) is 11.3 Å². The first-order chi connectivity index (χ1) is 10.7. The van der Waals surface area contributed by atoms with Gasteiger partial charge in [0.1, 0.15) is 10.7 Å². The van der Waals surface area contributed by atoms with Crippen molar-refractivity contribution in [2.45, 2.75) is 43.4 Å². The summed E-state index contributed by atoms with van der Waals surface area (Å²) >= 11 is 3.12. The van der Waals surface area contributed by atoms with Gasteiger partial charge in [-0.05, 0) is 36.9 Å². The molecule has 0 saturated heterocycles. The van der Waals surface area contributed by atoms with Gasteiger partial charge in [0, 0.05) is 18.9 Å². The Labute approximate surface area is 139 Å². The van der Waals surface area contributed by atoms with Crippen molar-refractivity contribution >= 4 is 34.8 Å². The highest BCUT2D eigenvalue weighted by atomic mass is 32.2. The maximum atomic E-state index is 12.0. The molecule has 1 amide bonds. The minimum Gasteiger partial charge on any atom is -0.351 e. The molecule has 0 bridgehead atoms. The van der Waals surface area contributed by atoms with Crippen LogP contribution in [0.1, 0.15) is 48.7 Å². The van der Waals surface area contributed by atoms with Gasteiger partial charge in [-0.2, -0.15) is 0 Å². The van der Waals surface area contributed by atoms with Crippen LogP contribution in [0.5, 0.6) is 0 Å². The average Bonchev–Trinajstić information content (AvgIpc) is 2.83. The van der Waals surface area contributed by atoms with Crippen molar-refractivity contribution in [2.24, 2.45) is 17.8 Å². The van der Waals surface area contributed by atoms with E-state index in [2.05, 4.69) is 17.2 Å². The van der Waals surface area contributed by atoms with Crippen LogP contribution >= 0.6 is 23.1 Å². The zero-order valence-electron chi connectivity index (χ0n) is 12.8. The number of thioether (sulfide) groups is 1. The molecule has 0 aromatic carbocycles. The fourth-order valence-corrected chi connectivity index (χ4v) is 5.33. The summed E-state index contributed by atoms with van der Waals surface area (Å²) in [6, 6.07) is 0. The molecule has 1 aromatic rings. The van der Waals surface area contributed by atoms with Crippen molar-refractivity contribution in [3.63, 3.8) is 0 Å². The molecule has 0 aliphatic heterocycles. The second-order valence-corrected chi connectivity index (χ2v) is 8.58. The van der Waals surface area contributed by atoms with Gasteiger partial charge in [-0.25, -0.2) is 4.98 Å². The van der Waals surface area contributed by atoms with Crippen LogP contribution in [0.2, 0.25) is 0 Å². The molecule has 0 spiro atoms. The van der Waals surface area contributed by atoms with E-state index in [9.17, 15) is 9.59 Å². The Bertz CT molecular complexity index is 558. The molecule has 1 heterocycles. The fourth-order valence-electron chi connectivity index (χ4n) is 3.53. The topological polar surface area (TPSA) is 59.1 Å². The van der Waals surface area contributed by atoms with E-state index >= 15 is 0 Å². The number of Topliss-reactive ketones (excluding diaryl/α,β-unsaturated/α-hetero) is 1. The molecule has 4 nitrogen and oxygen atoms in total. The van der Waals surface area contributed by atoms with E-state index in [-0.39, 0.29) is 5.91 Å². The minimum atomic E-state index is -0.0149. The van der Waals surface area contributed by atoms with E-state index < -0.39 is 0 Å². The van der Waals surface area contributed by atoms with E-state index in [1.165, 1.54) is 11.3 Å².